The zero-order chi connectivity index (χ0) is 22.4. The minimum Gasteiger partial charge on any atom is -0.493 e. The van der Waals surface area contributed by atoms with Gasteiger partial charge in [0.2, 0.25) is 15.9 Å². The Labute approximate surface area is 185 Å². The molecule has 0 aliphatic heterocycles. The van der Waals surface area contributed by atoms with Crippen LogP contribution in [0.5, 0.6) is 11.5 Å². The van der Waals surface area contributed by atoms with E-state index in [0.717, 1.165) is 16.1 Å². The van der Waals surface area contributed by atoms with Crippen molar-refractivity contribution in [1.82, 2.24) is 10.3 Å². The van der Waals surface area contributed by atoms with E-state index < -0.39 is 10.0 Å². The molecule has 0 bridgehead atoms. The van der Waals surface area contributed by atoms with E-state index >= 15 is 0 Å². The highest BCUT2D eigenvalue weighted by Crippen LogP contribution is 2.33. The van der Waals surface area contributed by atoms with Crippen LogP contribution in [0.3, 0.4) is 0 Å². The number of ether oxygens (including phenoxy) is 2. The van der Waals surface area contributed by atoms with Crippen LogP contribution in [0.2, 0.25) is 0 Å². The van der Waals surface area contributed by atoms with Gasteiger partial charge in [0.05, 0.1) is 31.2 Å². The van der Waals surface area contributed by atoms with Gasteiger partial charge < -0.3 is 14.8 Å². The van der Waals surface area contributed by atoms with Crippen LogP contribution >= 0.6 is 11.3 Å². The second kappa shape index (κ2) is 9.90. The van der Waals surface area contributed by atoms with E-state index in [1.54, 1.807) is 26.4 Å². The van der Waals surface area contributed by atoms with Gasteiger partial charge >= 0.3 is 0 Å². The Hall–Kier alpha value is -2.95. The Morgan fingerprint density at radius 2 is 1.81 bits per heavy atom. The van der Waals surface area contributed by atoms with E-state index in [9.17, 15) is 13.2 Å². The number of sulfonamides is 1. The Balaban J connectivity index is 1.53. The SMILES string of the molecule is COc1ccc(-c2nc(CC(=O)NCCc3ccc(S(N)(=O)=O)cc3)cs2)cc1OC. The molecular weight excluding hydrogens is 438 g/mol. The first kappa shape index (κ1) is 22.7. The Morgan fingerprint density at radius 3 is 2.45 bits per heavy atom. The van der Waals surface area contributed by atoms with E-state index in [1.807, 2.05) is 23.6 Å². The third-order valence-electron chi connectivity index (χ3n) is 4.51. The van der Waals surface area contributed by atoms with Crippen LogP contribution < -0.4 is 19.9 Å². The van der Waals surface area contributed by atoms with E-state index in [-0.39, 0.29) is 17.2 Å². The largest absolute Gasteiger partial charge is 0.493 e. The Morgan fingerprint density at radius 1 is 1.10 bits per heavy atom. The number of aromatic nitrogens is 1. The molecule has 0 radical (unpaired) electrons. The molecule has 0 fully saturated rings. The second-order valence-electron chi connectivity index (χ2n) is 6.68. The lowest BCUT2D eigenvalue weighted by molar-refractivity contribution is -0.120. The van der Waals surface area contributed by atoms with Crippen LogP contribution in [0.15, 0.2) is 52.7 Å². The fraction of sp³-hybridized carbons (Fsp3) is 0.238. The molecule has 0 atom stereocenters. The molecule has 3 rings (SSSR count). The van der Waals surface area contributed by atoms with Crippen molar-refractivity contribution < 1.29 is 22.7 Å². The average molecular weight is 462 g/mol. The molecule has 0 saturated carbocycles. The molecular formula is C21H23N3O5S2. The number of nitrogens with two attached hydrogens (primary N) is 1. The third kappa shape index (κ3) is 6.03. The molecule has 0 spiro atoms. The first-order valence-electron chi connectivity index (χ1n) is 9.35. The van der Waals surface area contributed by atoms with Crippen molar-refractivity contribution in [2.45, 2.75) is 17.7 Å². The maximum atomic E-state index is 12.2. The molecule has 0 unspecified atom stereocenters. The summed E-state index contributed by atoms with van der Waals surface area (Å²) in [6, 6.07) is 11.8. The lowest BCUT2D eigenvalue weighted by Gasteiger charge is -2.08. The van der Waals surface area contributed by atoms with Crippen LogP contribution in [-0.2, 0) is 27.7 Å². The first-order valence-corrected chi connectivity index (χ1v) is 11.8. The fourth-order valence-corrected chi connectivity index (χ4v) is 4.24. The molecule has 3 aromatic rings. The van der Waals surface area contributed by atoms with Crippen molar-refractivity contribution in [3.63, 3.8) is 0 Å². The molecule has 164 valence electrons. The van der Waals surface area contributed by atoms with Gasteiger partial charge in [0.25, 0.3) is 0 Å². The summed E-state index contributed by atoms with van der Waals surface area (Å²) in [5.41, 5.74) is 2.47. The molecule has 0 aliphatic rings. The zero-order valence-corrected chi connectivity index (χ0v) is 18.8. The average Bonchev–Trinajstić information content (AvgIpc) is 3.21. The molecule has 2 aromatic carbocycles. The summed E-state index contributed by atoms with van der Waals surface area (Å²) in [6.45, 7) is 0.431. The number of carbonyl (C=O) groups is 1. The van der Waals surface area contributed by atoms with E-state index in [2.05, 4.69) is 10.3 Å². The van der Waals surface area contributed by atoms with Crippen LogP contribution in [0.4, 0.5) is 0 Å². The van der Waals surface area contributed by atoms with Crippen LogP contribution in [-0.4, -0.2) is 40.1 Å². The van der Waals surface area contributed by atoms with Gasteiger partial charge in [-0.15, -0.1) is 11.3 Å². The number of thiazole rings is 1. The smallest absolute Gasteiger partial charge is 0.238 e. The first-order chi connectivity index (χ1) is 14.8. The van der Waals surface area contributed by atoms with Crippen LogP contribution in [0.1, 0.15) is 11.3 Å². The van der Waals surface area contributed by atoms with Crippen molar-refractivity contribution >= 4 is 27.3 Å². The van der Waals surface area contributed by atoms with Gasteiger partial charge in [0, 0.05) is 17.5 Å². The van der Waals surface area contributed by atoms with Gasteiger partial charge in [-0.3, -0.25) is 4.79 Å². The number of benzene rings is 2. The zero-order valence-electron chi connectivity index (χ0n) is 17.1. The van der Waals surface area contributed by atoms with Gasteiger partial charge in [-0.2, -0.15) is 0 Å². The van der Waals surface area contributed by atoms with Crippen molar-refractivity contribution in [3.05, 3.63) is 59.1 Å². The highest BCUT2D eigenvalue weighted by Gasteiger charge is 2.12. The number of methoxy groups -OCH3 is 2. The monoisotopic (exact) mass is 461 g/mol. The summed E-state index contributed by atoms with van der Waals surface area (Å²) in [5.74, 6) is 1.12. The normalized spacial score (nSPS) is 11.2. The van der Waals surface area contributed by atoms with Gasteiger partial charge in [0.1, 0.15) is 5.01 Å². The molecule has 3 N–H and O–H groups in total. The van der Waals surface area contributed by atoms with Crippen molar-refractivity contribution in [1.29, 1.82) is 0 Å². The van der Waals surface area contributed by atoms with E-state index in [1.165, 1.54) is 23.5 Å². The minimum atomic E-state index is -3.70. The number of rotatable bonds is 9. The summed E-state index contributed by atoms with van der Waals surface area (Å²) < 4.78 is 33.1. The molecule has 1 aromatic heterocycles. The number of nitrogens with one attached hydrogen (secondary N) is 1. The van der Waals surface area contributed by atoms with Crippen LogP contribution in [0, 0.1) is 0 Å². The Bertz CT molecular complexity index is 1160. The lowest BCUT2D eigenvalue weighted by atomic mass is 10.1. The predicted octanol–water partition coefficient (Wildman–Crippen LogP) is 2.38. The molecule has 1 heterocycles. The van der Waals surface area contributed by atoms with Crippen molar-refractivity contribution in [2.24, 2.45) is 5.14 Å². The number of carbonyl (C=O) groups excluding carboxylic acids is 1. The van der Waals surface area contributed by atoms with Crippen LogP contribution in [0.25, 0.3) is 10.6 Å². The fourth-order valence-electron chi connectivity index (χ4n) is 2.91. The summed E-state index contributed by atoms with van der Waals surface area (Å²) in [6.07, 6.45) is 0.749. The molecule has 0 saturated heterocycles. The highest BCUT2D eigenvalue weighted by atomic mass is 32.2. The standard InChI is InChI=1S/C21H23N3O5S2/c1-28-18-8-5-15(11-19(18)29-2)21-24-16(13-30-21)12-20(25)23-10-9-14-3-6-17(7-4-14)31(22,26)27/h3-8,11,13H,9-10,12H2,1-2H3,(H,23,25)(H2,22,26,27). The molecule has 31 heavy (non-hydrogen) atoms. The molecule has 1 amide bonds. The quantitative estimate of drug-likeness (QED) is 0.505. The third-order valence-corrected chi connectivity index (χ3v) is 6.38. The second-order valence-corrected chi connectivity index (χ2v) is 9.10. The van der Waals surface area contributed by atoms with Gasteiger partial charge in [-0.25, -0.2) is 18.5 Å². The number of hydrogen-bond acceptors (Lipinski definition) is 7. The maximum absolute atomic E-state index is 12.2. The summed E-state index contributed by atoms with van der Waals surface area (Å²) in [7, 11) is -0.545. The van der Waals surface area contributed by atoms with E-state index in [0.29, 0.717) is 30.2 Å². The number of amides is 1. The summed E-state index contributed by atoms with van der Waals surface area (Å²) >= 11 is 1.45. The molecule has 0 aliphatic carbocycles. The number of nitrogens with zero attached hydrogens (tertiary/aromatic N) is 1. The molecule has 10 heteroatoms. The minimum absolute atomic E-state index is 0.0640. The van der Waals surface area contributed by atoms with Gasteiger partial charge in [-0.05, 0) is 42.3 Å². The molecule has 8 nitrogen and oxygen atoms in total. The summed E-state index contributed by atoms with van der Waals surface area (Å²) in [4.78, 5) is 16.8. The highest BCUT2D eigenvalue weighted by molar-refractivity contribution is 7.89. The van der Waals surface area contributed by atoms with Crippen molar-refractivity contribution in [3.8, 4) is 22.1 Å². The Kier molecular flexibility index (Phi) is 7.26. The lowest BCUT2D eigenvalue weighted by Crippen LogP contribution is -2.27. The van der Waals surface area contributed by atoms with E-state index in [4.69, 9.17) is 14.6 Å². The number of primary sulfonamides is 1. The summed E-state index contributed by atoms with van der Waals surface area (Å²) in [5, 5.41) is 10.6. The number of hydrogen-bond donors (Lipinski definition) is 2. The van der Waals surface area contributed by atoms with Crippen molar-refractivity contribution in [2.75, 3.05) is 20.8 Å². The maximum Gasteiger partial charge on any atom is 0.238 e. The topological polar surface area (TPSA) is 121 Å². The van der Waals surface area contributed by atoms with Gasteiger partial charge in [-0.1, -0.05) is 12.1 Å². The van der Waals surface area contributed by atoms with Gasteiger partial charge in [0.15, 0.2) is 11.5 Å². The predicted molar refractivity (Wildman–Crippen MR) is 119 cm³/mol.